The van der Waals surface area contributed by atoms with Crippen molar-refractivity contribution in [3.8, 4) is 5.75 Å². The molecule has 2 aromatic carbocycles. The van der Waals surface area contributed by atoms with Crippen molar-refractivity contribution in [1.82, 2.24) is 0 Å². The summed E-state index contributed by atoms with van der Waals surface area (Å²) < 4.78 is 0. The van der Waals surface area contributed by atoms with E-state index in [4.69, 9.17) is 10.2 Å². The van der Waals surface area contributed by atoms with E-state index in [0.717, 1.165) is 16.3 Å². The molecular weight excluding hydrogens is 272 g/mol. The summed E-state index contributed by atoms with van der Waals surface area (Å²) >= 11 is 0. The van der Waals surface area contributed by atoms with Crippen LogP contribution in [0.15, 0.2) is 54.3 Å². The third kappa shape index (κ3) is 3.70. The molecule has 0 saturated carbocycles. The number of carbonyl (C=O) groups is 2. The van der Waals surface area contributed by atoms with Crippen LogP contribution in [-0.2, 0) is 9.59 Å². The SMILES string of the molecule is O=C(/C=C/c1ccc2cc(O)ccc2c1)/C=C(/O)C(=O)O. The quantitative estimate of drug-likeness (QED) is 0.592. The summed E-state index contributed by atoms with van der Waals surface area (Å²) in [4.78, 5) is 21.8. The number of aliphatic hydroxyl groups excluding tert-OH is 1. The molecule has 0 aliphatic rings. The van der Waals surface area contributed by atoms with Gasteiger partial charge in [-0.2, -0.15) is 0 Å². The van der Waals surface area contributed by atoms with Crippen LogP contribution >= 0.6 is 0 Å². The molecule has 0 radical (unpaired) electrons. The zero-order chi connectivity index (χ0) is 15.4. The highest BCUT2D eigenvalue weighted by Crippen LogP contribution is 2.21. The first-order valence-electron chi connectivity index (χ1n) is 6.04. The number of aliphatic carboxylic acids is 1. The standard InChI is InChI=1S/C16H12O5/c17-13-6-4-11-7-10(1-3-12(11)8-13)2-5-14(18)9-15(19)16(20)21/h1-9,17,19H,(H,20,21)/b5-2+,15-9+. The summed E-state index contributed by atoms with van der Waals surface area (Å²) in [5.41, 5.74) is 0.741. The molecule has 5 nitrogen and oxygen atoms in total. The van der Waals surface area contributed by atoms with E-state index in [1.807, 2.05) is 6.07 Å². The van der Waals surface area contributed by atoms with E-state index in [0.29, 0.717) is 6.08 Å². The Morgan fingerprint density at radius 1 is 0.952 bits per heavy atom. The Morgan fingerprint density at radius 2 is 1.62 bits per heavy atom. The highest BCUT2D eigenvalue weighted by molar-refractivity contribution is 6.05. The van der Waals surface area contributed by atoms with Crippen LogP contribution < -0.4 is 0 Å². The lowest BCUT2D eigenvalue weighted by molar-refractivity contribution is -0.135. The molecule has 0 spiro atoms. The zero-order valence-electron chi connectivity index (χ0n) is 10.9. The van der Waals surface area contributed by atoms with Crippen molar-refractivity contribution in [3.05, 3.63) is 59.9 Å². The molecule has 5 heteroatoms. The lowest BCUT2D eigenvalue weighted by atomic mass is 10.1. The molecule has 0 aliphatic carbocycles. The summed E-state index contributed by atoms with van der Waals surface area (Å²) in [5.74, 6) is -3.00. The summed E-state index contributed by atoms with van der Waals surface area (Å²) in [7, 11) is 0. The number of benzene rings is 2. The van der Waals surface area contributed by atoms with Gasteiger partial charge in [0.1, 0.15) is 5.75 Å². The van der Waals surface area contributed by atoms with Crippen molar-refractivity contribution in [2.75, 3.05) is 0 Å². The van der Waals surface area contributed by atoms with Gasteiger partial charge in [-0.15, -0.1) is 0 Å². The van der Waals surface area contributed by atoms with Crippen LogP contribution in [0.4, 0.5) is 0 Å². The average Bonchev–Trinajstić information content (AvgIpc) is 2.44. The van der Waals surface area contributed by atoms with E-state index in [1.165, 1.54) is 12.2 Å². The number of rotatable bonds is 4. The minimum Gasteiger partial charge on any atom is -0.508 e. The summed E-state index contributed by atoms with van der Waals surface area (Å²) in [6, 6.07) is 10.3. The highest BCUT2D eigenvalue weighted by Gasteiger charge is 2.05. The fraction of sp³-hybridized carbons (Fsp3) is 0. The lowest BCUT2D eigenvalue weighted by Crippen LogP contribution is -2.01. The van der Waals surface area contributed by atoms with E-state index >= 15 is 0 Å². The summed E-state index contributed by atoms with van der Waals surface area (Å²) in [6.45, 7) is 0. The Morgan fingerprint density at radius 3 is 2.33 bits per heavy atom. The number of carbonyl (C=O) groups excluding carboxylic acids is 1. The number of fused-ring (bicyclic) bond motifs is 1. The molecule has 0 unspecified atom stereocenters. The smallest absolute Gasteiger partial charge is 0.371 e. The number of aromatic hydroxyl groups is 1. The second kappa shape index (κ2) is 5.92. The van der Waals surface area contributed by atoms with E-state index in [2.05, 4.69) is 0 Å². The van der Waals surface area contributed by atoms with Crippen molar-refractivity contribution >= 4 is 28.6 Å². The molecule has 2 rings (SSSR count). The average molecular weight is 284 g/mol. The van der Waals surface area contributed by atoms with Crippen LogP contribution in [0.25, 0.3) is 16.8 Å². The topological polar surface area (TPSA) is 94.8 Å². The van der Waals surface area contributed by atoms with Crippen molar-refractivity contribution in [2.45, 2.75) is 0 Å². The Bertz CT molecular complexity index is 771. The molecule has 21 heavy (non-hydrogen) atoms. The largest absolute Gasteiger partial charge is 0.508 e. The predicted octanol–water partition coefficient (Wildman–Crippen LogP) is 2.65. The molecule has 0 atom stereocenters. The van der Waals surface area contributed by atoms with Crippen LogP contribution in [0.2, 0.25) is 0 Å². The Hall–Kier alpha value is -3.08. The van der Waals surface area contributed by atoms with Crippen molar-refractivity contribution < 1.29 is 24.9 Å². The summed E-state index contributed by atoms with van der Waals surface area (Å²) in [6.07, 6.45) is 3.32. The fourth-order valence-electron chi connectivity index (χ4n) is 1.78. The van der Waals surface area contributed by atoms with Crippen molar-refractivity contribution in [2.24, 2.45) is 0 Å². The first-order chi connectivity index (χ1) is 9.95. The molecule has 0 saturated heterocycles. The maximum atomic E-state index is 11.4. The minimum absolute atomic E-state index is 0.176. The van der Waals surface area contributed by atoms with Crippen molar-refractivity contribution in [3.63, 3.8) is 0 Å². The molecule has 0 aliphatic heterocycles. The Balaban J connectivity index is 2.21. The maximum Gasteiger partial charge on any atom is 0.371 e. The van der Waals surface area contributed by atoms with Gasteiger partial charge in [-0.1, -0.05) is 24.3 Å². The summed E-state index contributed by atoms with van der Waals surface area (Å²) in [5, 5.41) is 28.5. The number of allylic oxidation sites excluding steroid dienone is 2. The number of aliphatic hydroxyl groups is 1. The van der Waals surface area contributed by atoms with Gasteiger partial charge in [-0.05, 0) is 40.6 Å². The Labute approximate surface area is 120 Å². The highest BCUT2D eigenvalue weighted by atomic mass is 16.4. The van der Waals surface area contributed by atoms with Crippen LogP contribution in [0.1, 0.15) is 5.56 Å². The van der Waals surface area contributed by atoms with Gasteiger partial charge < -0.3 is 15.3 Å². The number of phenols is 1. The molecule has 0 bridgehead atoms. The van der Waals surface area contributed by atoms with Crippen LogP contribution in [-0.4, -0.2) is 27.1 Å². The number of hydrogen-bond acceptors (Lipinski definition) is 4. The van der Waals surface area contributed by atoms with E-state index in [-0.39, 0.29) is 5.75 Å². The van der Waals surface area contributed by atoms with Gasteiger partial charge in [0, 0.05) is 6.08 Å². The maximum absolute atomic E-state index is 11.4. The molecule has 2 aromatic rings. The van der Waals surface area contributed by atoms with Crippen LogP contribution in [0, 0.1) is 0 Å². The van der Waals surface area contributed by atoms with Crippen molar-refractivity contribution in [1.29, 1.82) is 0 Å². The molecule has 0 amide bonds. The number of phenolic OH excluding ortho intramolecular Hbond substituents is 1. The number of ketones is 1. The zero-order valence-corrected chi connectivity index (χ0v) is 10.9. The van der Waals surface area contributed by atoms with Gasteiger partial charge in [0.15, 0.2) is 5.78 Å². The first kappa shape index (κ1) is 14.3. The van der Waals surface area contributed by atoms with Gasteiger partial charge in [-0.25, -0.2) is 4.79 Å². The van der Waals surface area contributed by atoms with Gasteiger partial charge in [0.05, 0.1) is 0 Å². The first-order valence-corrected chi connectivity index (χ1v) is 6.04. The number of carboxylic acids is 1. The minimum atomic E-state index is -1.55. The number of hydrogen-bond donors (Lipinski definition) is 3. The van der Waals surface area contributed by atoms with E-state index < -0.39 is 17.5 Å². The second-order valence-corrected chi connectivity index (χ2v) is 4.36. The third-order valence-electron chi connectivity index (χ3n) is 2.79. The van der Waals surface area contributed by atoms with Crippen LogP contribution in [0.5, 0.6) is 5.75 Å². The second-order valence-electron chi connectivity index (χ2n) is 4.36. The Kier molecular flexibility index (Phi) is 4.04. The molecule has 3 N–H and O–H groups in total. The van der Waals surface area contributed by atoms with E-state index in [1.54, 1.807) is 30.3 Å². The normalized spacial score (nSPS) is 11.9. The predicted molar refractivity (Wildman–Crippen MR) is 78.0 cm³/mol. The van der Waals surface area contributed by atoms with Gasteiger partial charge in [0.25, 0.3) is 0 Å². The van der Waals surface area contributed by atoms with Gasteiger partial charge >= 0.3 is 5.97 Å². The van der Waals surface area contributed by atoms with Gasteiger partial charge in [0.2, 0.25) is 5.76 Å². The third-order valence-corrected chi connectivity index (χ3v) is 2.79. The molecule has 106 valence electrons. The molecule has 0 heterocycles. The number of carboxylic acid groups (broad SMARTS) is 1. The molecule has 0 fully saturated rings. The van der Waals surface area contributed by atoms with Gasteiger partial charge in [-0.3, -0.25) is 4.79 Å². The van der Waals surface area contributed by atoms with Crippen LogP contribution in [0.3, 0.4) is 0 Å². The molecule has 0 aromatic heterocycles. The molecular formula is C16H12O5. The fourth-order valence-corrected chi connectivity index (χ4v) is 1.78. The lowest BCUT2D eigenvalue weighted by Gasteiger charge is -2.00. The van der Waals surface area contributed by atoms with E-state index in [9.17, 15) is 14.7 Å². The monoisotopic (exact) mass is 284 g/mol.